The van der Waals surface area contributed by atoms with Crippen LogP contribution in [0.25, 0.3) is 0 Å². The third-order valence-corrected chi connectivity index (χ3v) is 1.45. The molecule has 0 unspecified atom stereocenters. The molecule has 12 heavy (non-hydrogen) atoms. The minimum Gasteiger partial charge on any atom is -0.388 e. The molecule has 0 bridgehead atoms. The molecule has 5 heteroatoms. The summed E-state index contributed by atoms with van der Waals surface area (Å²) in [4.78, 5) is 20.5. The third kappa shape index (κ3) is 1.63. The highest BCUT2D eigenvalue weighted by Crippen LogP contribution is 2.15. The maximum Gasteiger partial charge on any atom is 0.298 e. The Morgan fingerprint density at radius 1 is 1.33 bits per heavy atom. The van der Waals surface area contributed by atoms with E-state index in [1.807, 2.05) is 0 Å². The molecule has 0 heterocycles. The summed E-state index contributed by atoms with van der Waals surface area (Å²) in [6.45, 7) is 0. The summed E-state index contributed by atoms with van der Waals surface area (Å²) in [5.74, 6) is 0. The predicted molar refractivity (Wildman–Crippen MR) is 45.1 cm³/mol. The molecule has 0 aliphatic carbocycles. The molecule has 0 radical (unpaired) electrons. The van der Waals surface area contributed by atoms with Gasteiger partial charge in [-0.3, -0.25) is 0 Å². The largest absolute Gasteiger partial charge is 0.388 e. The van der Waals surface area contributed by atoms with Crippen molar-refractivity contribution >= 4 is 11.4 Å². The van der Waals surface area contributed by atoms with Gasteiger partial charge in [-0.25, -0.2) is 0 Å². The summed E-state index contributed by atoms with van der Waals surface area (Å²) in [7, 11) is 1.77. The summed E-state index contributed by atoms with van der Waals surface area (Å²) in [5.41, 5.74) is 1.10. The molecule has 1 N–H and O–H groups in total. The second-order valence-electron chi connectivity index (χ2n) is 2.15. The highest BCUT2D eigenvalue weighted by Gasteiger charge is 2.12. The van der Waals surface area contributed by atoms with Gasteiger partial charge in [0.15, 0.2) is 0 Å². The van der Waals surface area contributed by atoms with Gasteiger partial charge in [0, 0.05) is 24.9 Å². The van der Waals surface area contributed by atoms with Gasteiger partial charge >= 0.3 is 0 Å². The Morgan fingerprint density at radius 3 is 2.33 bits per heavy atom. The van der Waals surface area contributed by atoms with Gasteiger partial charge in [-0.2, -0.15) is 0 Å². The number of nitrogens with zero attached hydrogens (tertiary/aromatic N) is 2. The Kier molecular flexibility index (Phi) is 2.47. The van der Waals surface area contributed by atoms with Crippen LogP contribution in [0.15, 0.2) is 29.6 Å². The van der Waals surface area contributed by atoms with E-state index in [-0.39, 0.29) is 10.6 Å². The van der Waals surface area contributed by atoms with Gasteiger partial charge in [0.05, 0.1) is 4.91 Å². The Hall–Kier alpha value is -1.78. The van der Waals surface area contributed by atoms with E-state index in [0.29, 0.717) is 0 Å². The zero-order chi connectivity index (χ0) is 8.97. The van der Waals surface area contributed by atoms with Crippen LogP contribution in [0.2, 0.25) is 0 Å². The van der Waals surface area contributed by atoms with Gasteiger partial charge in [0.2, 0.25) is 4.87 Å². The zero-order valence-electron chi connectivity index (χ0n) is 6.52. The molecule has 0 spiro atoms. The van der Waals surface area contributed by atoms with E-state index in [1.54, 1.807) is 19.2 Å². The number of nitrogens with one attached hydrogen (secondary N) is 1. The molecular formula is C7H8N3O2+. The molecule has 0 amide bonds. The zero-order valence-corrected chi connectivity index (χ0v) is 6.52. The van der Waals surface area contributed by atoms with E-state index in [4.69, 9.17) is 0 Å². The van der Waals surface area contributed by atoms with Crippen LogP contribution in [0.3, 0.4) is 0 Å². The van der Waals surface area contributed by atoms with Gasteiger partial charge in [0.25, 0.3) is 11.0 Å². The van der Waals surface area contributed by atoms with Crippen LogP contribution in [0.1, 0.15) is 0 Å². The maximum absolute atomic E-state index is 10.6. The Bertz CT molecular complexity index is 294. The van der Waals surface area contributed by atoms with Crippen LogP contribution in [0.4, 0.5) is 11.4 Å². The summed E-state index contributed by atoms with van der Waals surface area (Å²) >= 11 is 0. The van der Waals surface area contributed by atoms with Crippen molar-refractivity contribution in [3.8, 4) is 0 Å². The highest BCUT2D eigenvalue weighted by atomic mass is 16.4. The van der Waals surface area contributed by atoms with Crippen molar-refractivity contribution in [2.45, 2.75) is 0 Å². The van der Waals surface area contributed by atoms with Gasteiger partial charge in [-0.15, -0.1) is 0 Å². The number of hydrogen-bond acceptors (Lipinski definition) is 3. The molecular weight excluding hydrogens is 158 g/mol. The van der Waals surface area contributed by atoms with Crippen LogP contribution in [0, 0.1) is 9.81 Å². The van der Waals surface area contributed by atoms with Crippen LogP contribution in [-0.2, 0) is 0 Å². The van der Waals surface area contributed by atoms with Crippen molar-refractivity contribution in [3.05, 3.63) is 34.1 Å². The first-order valence-electron chi connectivity index (χ1n) is 3.36. The number of benzene rings is 1. The molecule has 0 saturated carbocycles. The van der Waals surface area contributed by atoms with Gasteiger partial charge in [0.1, 0.15) is 0 Å². The Labute approximate surface area is 68.9 Å². The molecule has 1 rings (SSSR count). The first kappa shape index (κ1) is 8.32. The first-order chi connectivity index (χ1) is 5.77. The normalized spacial score (nSPS) is 9.08. The Morgan fingerprint density at radius 2 is 1.92 bits per heavy atom. The molecule has 0 aliphatic rings. The average Bonchev–Trinajstić information content (AvgIpc) is 2.17. The summed E-state index contributed by atoms with van der Waals surface area (Å²) < 4.78 is 0. The molecule has 0 saturated heterocycles. The van der Waals surface area contributed by atoms with E-state index in [9.17, 15) is 9.81 Å². The van der Waals surface area contributed by atoms with E-state index in [2.05, 4.69) is 10.6 Å². The lowest BCUT2D eigenvalue weighted by atomic mass is 10.3. The quantitative estimate of drug-likeness (QED) is 0.423. The Balaban J connectivity index is 2.91. The molecule has 0 aliphatic heterocycles. The van der Waals surface area contributed by atoms with Crippen molar-refractivity contribution in [2.24, 2.45) is 5.29 Å². The standard InChI is InChI=1S/C7H8N3O2/c1-8-6-2-4-7(5-3-6)10(12)9-11/h2-5,8H,1H3/q+1. The van der Waals surface area contributed by atoms with Crippen LogP contribution in [0.5, 0.6) is 0 Å². The van der Waals surface area contributed by atoms with Crippen LogP contribution < -0.4 is 5.32 Å². The number of hydrogen-bond donors (Lipinski definition) is 1. The van der Waals surface area contributed by atoms with E-state index in [1.165, 1.54) is 12.1 Å². The van der Waals surface area contributed by atoms with Crippen molar-refractivity contribution in [3.63, 3.8) is 0 Å². The monoisotopic (exact) mass is 166 g/mol. The van der Waals surface area contributed by atoms with Crippen LogP contribution >= 0.6 is 0 Å². The number of anilines is 1. The lowest BCUT2D eigenvalue weighted by Crippen LogP contribution is -1.90. The third-order valence-electron chi connectivity index (χ3n) is 1.45. The van der Waals surface area contributed by atoms with E-state index in [0.717, 1.165) is 5.69 Å². The molecule has 5 nitrogen and oxygen atoms in total. The number of rotatable bonds is 3. The summed E-state index contributed by atoms with van der Waals surface area (Å²) in [6, 6.07) is 6.40. The molecule has 1 aromatic rings. The van der Waals surface area contributed by atoms with E-state index < -0.39 is 0 Å². The fraction of sp³-hybridized carbons (Fsp3) is 0.143. The highest BCUT2D eigenvalue weighted by molar-refractivity contribution is 5.47. The summed E-state index contributed by atoms with van der Waals surface area (Å²) in [6.07, 6.45) is 0. The SMILES string of the molecule is CNc1ccc([N+](=O)N=O)cc1. The number of nitroso groups, excluding NO2 is 2. The van der Waals surface area contributed by atoms with Crippen molar-refractivity contribution < 1.29 is 4.87 Å². The molecule has 0 atom stereocenters. The topological polar surface area (TPSA) is 61.5 Å². The first-order valence-corrected chi connectivity index (χ1v) is 3.36. The minimum atomic E-state index is 0.0272. The van der Waals surface area contributed by atoms with Crippen molar-refractivity contribution in [1.29, 1.82) is 0 Å². The van der Waals surface area contributed by atoms with E-state index >= 15 is 0 Å². The van der Waals surface area contributed by atoms with Gasteiger partial charge < -0.3 is 5.32 Å². The predicted octanol–water partition coefficient (Wildman–Crippen LogP) is 1.82. The molecule has 1 aromatic carbocycles. The van der Waals surface area contributed by atoms with Crippen molar-refractivity contribution in [2.75, 3.05) is 12.4 Å². The second-order valence-corrected chi connectivity index (χ2v) is 2.15. The molecule has 62 valence electrons. The second kappa shape index (κ2) is 3.56. The van der Waals surface area contributed by atoms with Gasteiger partial charge in [-0.1, -0.05) is 4.91 Å². The smallest absolute Gasteiger partial charge is 0.298 e. The maximum atomic E-state index is 10.6. The lowest BCUT2D eigenvalue weighted by molar-refractivity contribution is -0.470. The van der Waals surface area contributed by atoms with Gasteiger partial charge in [-0.05, 0) is 12.1 Å². The minimum absolute atomic E-state index is 0.0272. The fourth-order valence-electron chi connectivity index (χ4n) is 0.803. The van der Waals surface area contributed by atoms with Crippen molar-refractivity contribution in [1.82, 2.24) is 0 Å². The molecule has 0 aromatic heterocycles. The van der Waals surface area contributed by atoms with Crippen LogP contribution in [-0.4, -0.2) is 11.9 Å². The molecule has 0 fully saturated rings. The summed E-state index contributed by atoms with van der Waals surface area (Å²) in [5, 5.41) is 5.10. The lowest BCUT2D eigenvalue weighted by Gasteiger charge is -1.94. The fourth-order valence-corrected chi connectivity index (χ4v) is 0.803. The average molecular weight is 166 g/mol.